The Bertz CT molecular complexity index is 330. The maximum Gasteiger partial charge on any atom is 0.312 e. The van der Waals surface area contributed by atoms with Crippen LogP contribution in [0.4, 0.5) is 5.69 Å². The van der Waals surface area contributed by atoms with Gasteiger partial charge < -0.3 is 4.74 Å². The molecule has 0 bridgehead atoms. The second-order valence-corrected chi connectivity index (χ2v) is 2.72. The summed E-state index contributed by atoms with van der Waals surface area (Å²) < 4.78 is 4.82. The Balaban J connectivity index is 3.17. The molecule has 0 spiro atoms. The lowest BCUT2D eigenvalue weighted by Crippen LogP contribution is -1.96. The summed E-state index contributed by atoms with van der Waals surface area (Å²) >= 11 is 10.9. The second kappa shape index (κ2) is 4.30. The number of para-hydroxylation sites is 1. The zero-order valence-corrected chi connectivity index (χ0v) is 7.88. The van der Waals surface area contributed by atoms with Crippen LogP contribution in [0.1, 0.15) is 0 Å². The third kappa shape index (κ3) is 2.23. The van der Waals surface area contributed by atoms with Gasteiger partial charge in [0.2, 0.25) is 5.75 Å². The maximum atomic E-state index is 10.5. The number of nitrogens with zero attached hydrogens (tertiary/aromatic N) is 1. The average molecular weight is 222 g/mol. The highest BCUT2D eigenvalue weighted by molar-refractivity contribution is 6.32. The predicted octanol–water partition coefficient (Wildman–Crippen LogP) is 2.82. The lowest BCUT2D eigenvalue weighted by Gasteiger charge is -2.03. The minimum Gasteiger partial charge on any atom is -0.469 e. The van der Waals surface area contributed by atoms with Gasteiger partial charge in [-0.25, -0.2) is 0 Å². The van der Waals surface area contributed by atoms with Crippen molar-refractivity contribution in [3.63, 3.8) is 0 Å². The van der Waals surface area contributed by atoms with Gasteiger partial charge in [0.25, 0.3) is 0 Å². The van der Waals surface area contributed by atoms with Gasteiger partial charge in [0.15, 0.2) is 6.07 Å². The molecule has 0 aromatic heterocycles. The number of rotatable bonds is 3. The summed E-state index contributed by atoms with van der Waals surface area (Å²) in [7, 11) is 0. The van der Waals surface area contributed by atoms with Crippen LogP contribution in [0.2, 0.25) is 5.02 Å². The van der Waals surface area contributed by atoms with Gasteiger partial charge in [-0.15, -0.1) is 0 Å². The minimum absolute atomic E-state index is 0.00386. The van der Waals surface area contributed by atoms with Crippen molar-refractivity contribution < 1.29 is 9.66 Å². The zero-order chi connectivity index (χ0) is 9.84. The minimum atomic E-state index is -0.576. The first-order chi connectivity index (χ1) is 6.16. The Hall–Kier alpha value is -1.000. The van der Waals surface area contributed by atoms with Gasteiger partial charge in [-0.1, -0.05) is 29.3 Å². The molecule has 1 rings (SSSR count). The highest BCUT2D eigenvalue weighted by Gasteiger charge is 2.17. The van der Waals surface area contributed by atoms with E-state index in [1.807, 2.05) is 0 Å². The van der Waals surface area contributed by atoms with Crippen molar-refractivity contribution in [1.82, 2.24) is 0 Å². The first-order valence-corrected chi connectivity index (χ1v) is 4.19. The summed E-state index contributed by atoms with van der Waals surface area (Å²) in [6.07, 6.45) is 0. The summed E-state index contributed by atoms with van der Waals surface area (Å²) in [6.45, 7) is 0. The fraction of sp³-hybridized carbons (Fsp3) is 0.143. The van der Waals surface area contributed by atoms with E-state index in [-0.39, 0.29) is 22.5 Å². The predicted molar refractivity (Wildman–Crippen MR) is 49.5 cm³/mol. The maximum absolute atomic E-state index is 10.5. The summed E-state index contributed by atoms with van der Waals surface area (Å²) in [6, 6.07) is 4.09. The number of alkyl halides is 1. The van der Waals surface area contributed by atoms with E-state index < -0.39 is 4.92 Å². The quantitative estimate of drug-likeness (QED) is 0.448. The molecule has 13 heavy (non-hydrogen) atoms. The Morgan fingerprint density at radius 3 is 2.77 bits per heavy atom. The smallest absolute Gasteiger partial charge is 0.312 e. The van der Waals surface area contributed by atoms with Crippen LogP contribution in [0, 0.1) is 10.1 Å². The molecule has 0 fully saturated rings. The molecule has 0 aliphatic heterocycles. The van der Waals surface area contributed by atoms with Gasteiger partial charge in [0, 0.05) is 6.07 Å². The molecule has 0 heterocycles. The van der Waals surface area contributed by atoms with Gasteiger partial charge >= 0.3 is 5.69 Å². The van der Waals surface area contributed by atoms with E-state index in [4.69, 9.17) is 27.9 Å². The van der Waals surface area contributed by atoms with E-state index >= 15 is 0 Å². The number of hydrogen-bond donors (Lipinski definition) is 0. The average Bonchev–Trinajstić information content (AvgIpc) is 2.08. The van der Waals surface area contributed by atoms with E-state index in [1.54, 1.807) is 0 Å². The Labute approximate surface area is 84.2 Å². The van der Waals surface area contributed by atoms with E-state index in [9.17, 15) is 10.1 Å². The number of nitro groups is 1. The van der Waals surface area contributed by atoms with Gasteiger partial charge in [-0.3, -0.25) is 10.1 Å². The fourth-order valence-corrected chi connectivity index (χ4v) is 1.17. The van der Waals surface area contributed by atoms with Crippen LogP contribution in [0.3, 0.4) is 0 Å². The standard InChI is InChI=1S/C7H5Cl2NO3/c8-4-13-7-5(9)2-1-3-6(7)10(11)12/h1-3H,4H2. The van der Waals surface area contributed by atoms with Crippen LogP contribution in [0.5, 0.6) is 5.75 Å². The third-order valence-corrected chi connectivity index (χ3v) is 1.75. The molecule has 0 radical (unpaired) electrons. The van der Waals surface area contributed by atoms with Gasteiger partial charge in [-0.05, 0) is 6.07 Å². The molecule has 0 saturated heterocycles. The second-order valence-electron chi connectivity index (χ2n) is 2.10. The van der Waals surface area contributed by atoms with E-state index in [0.717, 1.165) is 0 Å². The van der Waals surface area contributed by atoms with Gasteiger partial charge in [0.05, 0.1) is 9.95 Å². The molecule has 1 aromatic carbocycles. The van der Waals surface area contributed by atoms with Gasteiger partial charge in [0.1, 0.15) is 0 Å². The molecule has 6 heteroatoms. The van der Waals surface area contributed by atoms with Crippen LogP contribution in [-0.4, -0.2) is 11.0 Å². The van der Waals surface area contributed by atoms with Crippen LogP contribution in [0.25, 0.3) is 0 Å². The highest BCUT2D eigenvalue weighted by Crippen LogP contribution is 2.34. The van der Waals surface area contributed by atoms with Crippen molar-refractivity contribution >= 4 is 28.9 Å². The molecule has 0 saturated carbocycles. The number of hydrogen-bond acceptors (Lipinski definition) is 3. The molecule has 0 N–H and O–H groups in total. The molecule has 0 aliphatic rings. The van der Waals surface area contributed by atoms with Crippen LogP contribution >= 0.6 is 23.2 Å². The Kier molecular flexibility index (Phi) is 3.33. The first-order valence-electron chi connectivity index (χ1n) is 3.28. The summed E-state index contributed by atoms with van der Waals surface area (Å²) in [5.41, 5.74) is -0.187. The van der Waals surface area contributed by atoms with Crippen molar-refractivity contribution in [2.45, 2.75) is 0 Å². The van der Waals surface area contributed by atoms with E-state index in [2.05, 4.69) is 0 Å². The normalized spacial score (nSPS) is 9.69. The number of halogens is 2. The molecule has 70 valence electrons. The first kappa shape index (κ1) is 10.1. The zero-order valence-electron chi connectivity index (χ0n) is 6.37. The largest absolute Gasteiger partial charge is 0.469 e. The van der Waals surface area contributed by atoms with Crippen LogP contribution in [0.15, 0.2) is 18.2 Å². The number of benzene rings is 1. The Morgan fingerprint density at radius 1 is 1.54 bits per heavy atom. The number of nitro benzene ring substituents is 1. The van der Waals surface area contributed by atoms with Crippen molar-refractivity contribution in [2.75, 3.05) is 6.07 Å². The molecule has 1 aromatic rings. The lowest BCUT2D eigenvalue weighted by atomic mass is 10.3. The molecule has 0 amide bonds. The summed E-state index contributed by atoms with van der Waals surface area (Å²) in [5, 5.41) is 10.6. The lowest BCUT2D eigenvalue weighted by molar-refractivity contribution is -0.385. The SMILES string of the molecule is O=[N+]([O-])c1cccc(Cl)c1OCCl. The topological polar surface area (TPSA) is 52.4 Å². The Morgan fingerprint density at radius 2 is 2.23 bits per heavy atom. The van der Waals surface area contributed by atoms with Gasteiger partial charge in [-0.2, -0.15) is 0 Å². The fourth-order valence-electron chi connectivity index (χ4n) is 0.839. The van der Waals surface area contributed by atoms with Crippen molar-refractivity contribution in [3.8, 4) is 5.75 Å². The van der Waals surface area contributed by atoms with E-state index in [1.165, 1.54) is 18.2 Å². The monoisotopic (exact) mass is 221 g/mol. The molecule has 0 unspecified atom stereocenters. The molecule has 0 atom stereocenters. The van der Waals surface area contributed by atoms with Crippen LogP contribution < -0.4 is 4.74 Å². The van der Waals surface area contributed by atoms with Crippen molar-refractivity contribution in [3.05, 3.63) is 33.3 Å². The summed E-state index contributed by atoms with van der Waals surface area (Å²) in [5.74, 6) is 0.00386. The summed E-state index contributed by atoms with van der Waals surface area (Å²) in [4.78, 5) is 9.90. The van der Waals surface area contributed by atoms with Crippen molar-refractivity contribution in [2.24, 2.45) is 0 Å². The highest BCUT2D eigenvalue weighted by atomic mass is 35.5. The van der Waals surface area contributed by atoms with E-state index in [0.29, 0.717) is 0 Å². The molecule has 4 nitrogen and oxygen atoms in total. The molecule has 0 aliphatic carbocycles. The van der Waals surface area contributed by atoms with Crippen LogP contribution in [-0.2, 0) is 0 Å². The molecular weight excluding hydrogens is 217 g/mol. The third-order valence-electron chi connectivity index (χ3n) is 1.34. The molecular formula is C7H5Cl2NO3. The number of ether oxygens (including phenoxy) is 1. The van der Waals surface area contributed by atoms with Crippen molar-refractivity contribution in [1.29, 1.82) is 0 Å².